The summed E-state index contributed by atoms with van der Waals surface area (Å²) in [7, 11) is 0. The zero-order valence-corrected chi connectivity index (χ0v) is 12.0. The summed E-state index contributed by atoms with van der Waals surface area (Å²) in [6.45, 7) is 0. The molecular weight excluding hydrogens is 278 g/mol. The first-order valence-electron chi connectivity index (χ1n) is 6.34. The average molecular weight is 292 g/mol. The van der Waals surface area contributed by atoms with Gasteiger partial charge in [0, 0.05) is 16.4 Å². The maximum absolute atomic E-state index is 12.2. The minimum Gasteiger partial charge on any atom is -0.321 e. The van der Waals surface area contributed by atoms with E-state index in [1.54, 1.807) is 11.3 Å². The second-order valence-electron chi connectivity index (χ2n) is 4.66. The molecule has 0 aliphatic heterocycles. The highest BCUT2D eigenvalue weighted by Gasteiger charge is 2.18. The number of thiophene rings is 1. The minimum absolute atomic E-state index is 0.0306. The van der Waals surface area contributed by atoms with E-state index in [9.17, 15) is 4.79 Å². The van der Waals surface area contributed by atoms with Gasteiger partial charge in [0.25, 0.3) is 5.91 Å². The summed E-state index contributed by atoms with van der Waals surface area (Å²) in [4.78, 5) is 14.4. The molecule has 0 bridgehead atoms. The van der Waals surface area contributed by atoms with Crippen LogP contribution in [0.4, 0.5) is 5.69 Å². The first kappa shape index (κ1) is 12.7. The number of hydrogen-bond acceptors (Lipinski definition) is 2. The number of aryl methyl sites for hydroxylation is 2. The van der Waals surface area contributed by atoms with Crippen LogP contribution < -0.4 is 5.32 Å². The van der Waals surface area contributed by atoms with Crippen LogP contribution in [0.1, 0.15) is 32.1 Å². The maximum atomic E-state index is 12.2. The quantitative estimate of drug-likeness (QED) is 0.843. The van der Waals surface area contributed by atoms with Crippen LogP contribution in [0.25, 0.3) is 0 Å². The Morgan fingerprint density at radius 1 is 1.32 bits per heavy atom. The number of carbonyl (C=O) groups excluding carboxylic acids is 1. The molecule has 1 amide bonds. The third kappa shape index (κ3) is 2.53. The molecule has 0 spiro atoms. The molecule has 1 aromatic carbocycles. The number of nitrogens with one attached hydrogen (secondary N) is 1. The Bertz CT molecular complexity index is 599. The third-order valence-electron chi connectivity index (χ3n) is 3.38. The minimum atomic E-state index is -0.0306. The normalized spacial score (nSPS) is 13.3. The van der Waals surface area contributed by atoms with E-state index >= 15 is 0 Å². The second kappa shape index (κ2) is 5.35. The molecule has 0 unspecified atom stereocenters. The van der Waals surface area contributed by atoms with Crippen molar-refractivity contribution in [2.75, 3.05) is 5.32 Å². The van der Waals surface area contributed by atoms with Gasteiger partial charge in [-0.3, -0.25) is 4.79 Å². The van der Waals surface area contributed by atoms with E-state index in [4.69, 9.17) is 11.6 Å². The Hall–Kier alpha value is -1.32. The summed E-state index contributed by atoms with van der Waals surface area (Å²) >= 11 is 7.49. The van der Waals surface area contributed by atoms with Gasteiger partial charge in [0.2, 0.25) is 0 Å². The van der Waals surface area contributed by atoms with Gasteiger partial charge in [-0.1, -0.05) is 18.2 Å². The monoisotopic (exact) mass is 291 g/mol. The molecule has 0 saturated carbocycles. The molecule has 4 heteroatoms. The molecule has 1 N–H and O–H groups in total. The third-order valence-corrected chi connectivity index (χ3v) is 4.90. The van der Waals surface area contributed by atoms with Crippen LogP contribution in [0.15, 0.2) is 30.3 Å². The van der Waals surface area contributed by atoms with Crippen LogP contribution in [0.2, 0.25) is 0 Å². The number of para-hydroxylation sites is 1. The lowest BCUT2D eigenvalue weighted by molar-refractivity contribution is 0.103. The van der Waals surface area contributed by atoms with Gasteiger partial charge in [-0.15, -0.1) is 22.9 Å². The van der Waals surface area contributed by atoms with Gasteiger partial charge in [-0.25, -0.2) is 0 Å². The molecular formula is C15H14ClNOS. The van der Waals surface area contributed by atoms with Crippen LogP contribution in [0.3, 0.4) is 0 Å². The van der Waals surface area contributed by atoms with Crippen molar-refractivity contribution in [3.05, 3.63) is 51.2 Å². The first-order valence-corrected chi connectivity index (χ1v) is 7.70. The molecule has 1 aromatic heterocycles. The largest absolute Gasteiger partial charge is 0.321 e. The van der Waals surface area contributed by atoms with Gasteiger partial charge in [0.1, 0.15) is 0 Å². The Kier molecular flexibility index (Phi) is 3.58. The van der Waals surface area contributed by atoms with Crippen LogP contribution in [0.5, 0.6) is 0 Å². The van der Waals surface area contributed by atoms with Crippen molar-refractivity contribution in [2.24, 2.45) is 0 Å². The maximum Gasteiger partial charge on any atom is 0.265 e. The topological polar surface area (TPSA) is 29.1 Å². The summed E-state index contributed by atoms with van der Waals surface area (Å²) in [5.41, 5.74) is 3.10. The molecule has 1 aliphatic carbocycles. The molecule has 1 heterocycles. The number of amides is 1. The summed E-state index contributed by atoms with van der Waals surface area (Å²) in [6, 6.07) is 9.67. The first-order chi connectivity index (χ1) is 9.28. The molecule has 0 fully saturated rings. The molecule has 19 heavy (non-hydrogen) atoms. The Balaban J connectivity index is 1.80. The molecule has 3 rings (SSSR count). The average Bonchev–Trinajstić information content (AvgIpc) is 3.00. The smallest absolute Gasteiger partial charge is 0.265 e. The van der Waals surface area contributed by atoms with Crippen molar-refractivity contribution in [1.29, 1.82) is 0 Å². The number of fused-ring (bicyclic) bond motifs is 1. The van der Waals surface area contributed by atoms with Crippen molar-refractivity contribution in [1.82, 2.24) is 0 Å². The number of hydrogen-bond donors (Lipinski definition) is 1. The van der Waals surface area contributed by atoms with E-state index in [0.717, 1.165) is 29.0 Å². The summed E-state index contributed by atoms with van der Waals surface area (Å²) in [6.07, 6.45) is 3.45. The predicted molar refractivity (Wildman–Crippen MR) is 80.3 cm³/mol. The fraction of sp³-hybridized carbons (Fsp3) is 0.267. The molecule has 0 radical (unpaired) electrons. The highest BCUT2D eigenvalue weighted by molar-refractivity contribution is 7.14. The van der Waals surface area contributed by atoms with Crippen molar-refractivity contribution in [3.8, 4) is 0 Å². The SMILES string of the molecule is O=C(Nc1ccccc1CCl)c1cc2c(s1)CCC2. The van der Waals surface area contributed by atoms with Gasteiger partial charge in [0.15, 0.2) is 0 Å². The van der Waals surface area contributed by atoms with Crippen molar-refractivity contribution in [2.45, 2.75) is 25.1 Å². The highest BCUT2D eigenvalue weighted by atomic mass is 35.5. The van der Waals surface area contributed by atoms with Crippen LogP contribution >= 0.6 is 22.9 Å². The van der Waals surface area contributed by atoms with Crippen molar-refractivity contribution in [3.63, 3.8) is 0 Å². The fourth-order valence-corrected chi connectivity index (χ4v) is 3.77. The number of benzene rings is 1. The Labute approximate surface area is 121 Å². The lowest BCUT2D eigenvalue weighted by atomic mass is 10.2. The zero-order chi connectivity index (χ0) is 13.2. The van der Waals surface area contributed by atoms with Crippen LogP contribution in [-0.2, 0) is 18.7 Å². The lowest BCUT2D eigenvalue weighted by Gasteiger charge is -2.07. The lowest BCUT2D eigenvalue weighted by Crippen LogP contribution is -2.11. The number of alkyl halides is 1. The van der Waals surface area contributed by atoms with Crippen LogP contribution in [0, 0.1) is 0 Å². The van der Waals surface area contributed by atoms with Gasteiger partial charge < -0.3 is 5.32 Å². The van der Waals surface area contributed by atoms with E-state index in [2.05, 4.69) is 5.32 Å². The molecule has 2 nitrogen and oxygen atoms in total. The predicted octanol–water partition coefficient (Wildman–Crippen LogP) is 4.23. The van der Waals surface area contributed by atoms with Gasteiger partial charge >= 0.3 is 0 Å². The van der Waals surface area contributed by atoms with Crippen LogP contribution in [-0.4, -0.2) is 5.91 Å². The standard InChI is InChI=1S/C15H14ClNOS/c16-9-11-4-1-2-6-12(11)17-15(18)14-8-10-5-3-7-13(10)19-14/h1-2,4,6,8H,3,5,7,9H2,(H,17,18). The van der Waals surface area contributed by atoms with Gasteiger partial charge in [-0.05, 0) is 42.5 Å². The number of anilines is 1. The molecule has 0 atom stereocenters. The molecule has 98 valence electrons. The summed E-state index contributed by atoms with van der Waals surface area (Å²) < 4.78 is 0. The highest BCUT2D eigenvalue weighted by Crippen LogP contribution is 2.31. The Morgan fingerprint density at radius 2 is 2.16 bits per heavy atom. The fourth-order valence-electron chi connectivity index (χ4n) is 2.38. The molecule has 1 aliphatic rings. The second-order valence-corrected chi connectivity index (χ2v) is 6.06. The van der Waals surface area contributed by atoms with E-state index in [1.807, 2.05) is 30.3 Å². The summed E-state index contributed by atoms with van der Waals surface area (Å²) in [5.74, 6) is 0.370. The molecule has 0 saturated heterocycles. The van der Waals surface area contributed by atoms with E-state index < -0.39 is 0 Å². The van der Waals surface area contributed by atoms with E-state index in [-0.39, 0.29) is 5.91 Å². The summed E-state index contributed by atoms with van der Waals surface area (Å²) in [5, 5.41) is 2.95. The number of rotatable bonds is 3. The Morgan fingerprint density at radius 3 is 2.95 bits per heavy atom. The number of halogens is 1. The van der Waals surface area contributed by atoms with E-state index in [0.29, 0.717) is 5.88 Å². The zero-order valence-electron chi connectivity index (χ0n) is 10.4. The van der Waals surface area contributed by atoms with Crippen molar-refractivity contribution >= 4 is 34.5 Å². The van der Waals surface area contributed by atoms with Gasteiger partial charge in [-0.2, -0.15) is 0 Å². The van der Waals surface area contributed by atoms with Crippen molar-refractivity contribution < 1.29 is 4.79 Å². The number of carbonyl (C=O) groups is 1. The van der Waals surface area contributed by atoms with Gasteiger partial charge in [0.05, 0.1) is 4.88 Å². The van der Waals surface area contributed by atoms with E-state index in [1.165, 1.54) is 16.9 Å². The molecule has 2 aromatic rings.